The first-order valence-corrected chi connectivity index (χ1v) is 7.05. The van der Waals surface area contributed by atoms with Crippen molar-refractivity contribution >= 4 is 28.5 Å². The lowest BCUT2D eigenvalue weighted by molar-refractivity contribution is 0.787. The molecule has 0 unspecified atom stereocenters. The minimum atomic E-state index is 0.793. The summed E-state index contributed by atoms with van der Waals surface area (Å²) in [4.78, 5) is 10.9. The molecule has 2 rings (SSSR count). The Bertz CT molecular complexity index is 511. The van der Waals surface area contributed by atoms with Gasteiger partial charge in [-0.2, -0.15) is 0 Å². The van der Waals surface area contributed by atoms with Crippen LogP contribution in [0, 0.1) is 10.5 Å². The van der Waals surface area contributed by atoms with Crippen LogP contribution in [0.25, 0.3) is 0 Å². The first-order chi connectivity index (χ1) is 8.70. The molecular formula is C14H16IN3. The second-order valence-corrected chi connectivity index (χ2v) is 5.39. The number of benzene rings is 1. The van der Waals surface area contributed by atoms with Crippen molar-refractivity contribution < 1.29 is 0 Å². The fraction of sp³-hybridized carbons (Fsp3) is 0.286. The molecule has 0 aliphatic rings. The van der Waals surface area contributed by atoms with Crippen LogP contribution in [-0.4, -0.2) is 16.5 Å². The van der Waals surface area contributed by atoms with Gasteiger partial charge in [0.25, 0.3) is 0 Å². The molecule has 0 aliphatic heterocycles. The molecule has 0 spiro atoms. The molecule has 3 nitrogen and oxygen atoms in total. The SMILES string of the molecule is CCN(Cc1ccccc1C)c1ncc(I)cn1. The Balaban J connectivity index is 2.20. The number of hydrogen-bond acceptors (Lipinski definition) is 3. The molecule has 0 saturated heterocycles. The number of hydrogen-bond donors (Lipinski definition) is 0. The molecule has 4 heteroatoms. The number of aryl methyl sites for hydroxylation is 1. The van der Waals surface area contributed by atoms with Crippen molar-refractivity contribution in [2.24, 2.45) is 0 Å². The molecular weight excluding hydrogens is 337 g/mol. The van der Waals surface area contributed by atoms with Gasteiger partial charge in [0.1, 0.15) is 0 Å². The quantitative estimate of drug-likeness (QED) is 0.789. The molecule has 1 heterocycles. The summed E-state index contributed by atoms with van der Waals surface area (Å²) in [5.74, 6) is 0.793. The van der Waals surface area contributed by atoms with Gasteiger partial charge < -0.3 is 4.90 Å². The summed E-state index contributed by atoms with van der Waals surface area (Å²) >= 11 is 2.22. The van der Waals surface area contributed by atoms with E-state index in [-0.39, 0.29) is 0 Å². The molecule has 0 amide bonds. The Labute approximate surface area is 121 Å². The smallest absolute Gasteiger partial charge is 0.225 e. The zero-order valence-electron chi connectivity index (χ0n) is 10.6. The van der Waals surface area contributed by atoms with Gasteiger partial charge in [-0.25, -0.2) is 9.97 Å². The molecule has 18 heavy (non-hydrogen) atoms. The third-order valence-electron chi connectivity index (χ3n) is 2.89. The van der Waals surface area contributed by atoms with Gasteiger partial charge in [-0.1, -0.05) is 24.3 Å². The minimum Gasteiger partial charge on any atom is -0.337 e. The Morgan fingerprint density at radius 1 is 1.17 bits per heavy atom. The average Bonchev–Trinajstić information content (AvgIpc) is 2.39. The highest BCUT2D eigenvalue weighted by Gasteiger charge is 2.09. The van der Waals surface area contributed by atoms with E-state index in [1.807, 2.05) is 12.4 Å². The summed E-state index contributed by atoms with van der Waals surface area (Å²) in [5, 5.41) is 0. The van der Waals surface area contributed by atoms with Gasteiger partial charge in [-0.3, -0.25) is 0 Å². The Hall–Kier alpha value is -1.17. The van der Waals surface area contributed by atoms with Crippen molar-refractivity contribution in [3.63, 3.8) is 0 Å². The Morgan fingerprint density at radius 2 is 1.83 bits per heavy atom. The standard InChI is InChI=1S/C14H16IN3/c1-3-18(14-16-8-13(15)9-17-14)10-12-7-5-4-6-11(12)2/h4-9H,3,10H2,1-2H3. The number of nitrogens with zero attached hydrogens (tertiary/aromatic N) is 3. The third-order valence-corrected chi connectivity index (χ3v) is 3.45. The fourth-order valence-corrected chi connectivity index (χ4v) is 2.06. The zero-order valence-corrected chi connectivity index (χ0v) is 12.8. The third kappa shape index (κ3) is 3.19. The van der Waals surface area contributed by atoms with Gasteiger partial charge in [-0.15, -0.1) is 0 Å². The van der Waals surface area contributed by atoms with Crippen molar-refractivity contribution in [3.05, 3.63) is 51.4 Å². The van der Waals surface area contributed by atoms with Crippen molar-refractivity contribution in [2.75, 3.05) is 11.4 Å². The molecule has 0 aliphatic carbocycles. The lowest BCUT2D eigenvalue weighted by atomic mass is 10.1. The molecule has 1 aromatic heterocycles. The molecule has 2 aromatic rings. The van der Waals surface area contributed by atoms with Gasteiger partial charge in [0.05, 0.1) is 0 Å². The molecule has 0 N–H and O–H groups in total. The molecule has 0 saturated carbocycles. The first kappa shape index (κ1) is 13.3. The van der Waals surface area contributed by atoms with Crippen LogP contribution in [0.5, 0.6) is 0 Å². The predicted molar refractivity (Wildman–Crippen MR) is 82.7 cm³/mol. The van der Waals surface area contributed by atoms with Crippen LogP contribution in [-0.2, 0) is 6.54 Å². The van der Waals surface area contributed by atoms with Gasteiger partial charge in [0.2, 0.25) is 5.95 Å². The summed E-state index contributed by atoms with van der Waals surface area (Å²) in [5.41, 5.74) is 2.63. The summed E-state index contributed by atoms with van der Waals surface area (Å²) < 4.78 is 1.06. The number of halogens is 1. The van der Waals surface area contributed by atoms with Crippen LogP contribution in [0.4, 0.5) is 5.95 Å². The van der Waals surface area contributed by atoms with Crippen LogP contribution in [0.2, 0.25) is 0 Å². The number of aromatic nitrogens is 2. The summed E-state index contributed by atoms with van der Waals surface area (Å²) in [6.07, 6.45) is 3.70. The van der Waals surface area contributed by atoms with E-state index in [2.05, 4.69) is 75.6 Å². The topological polar surface area (TPSA) is 29.0 Å². The zero-order chi connectivity index (χ0) is 13.0. The molecule has 0 radical (unpaired) electrons. The van der Waals surface area contributed by atoms with Crippen molar-refractivity contribution in [1.82, 2.24) is 9.97 Å². The van der Waals surface area contributed by atoms with Crippen LogP contribution in [0.3, 0.4) is 0 Å². The molecule has 94 valence electrons. The second-order valence-electron chi connectivity index (χ2n) is 4.14. The second kappa shape index (κ2) is 6.13. The Kier molecular flexibility index (Phi) is 4.52. The van der Waals surface area contributed by atoms with E-state index in [4.69, 9.17) is 0 Å². The lowest BCUT2D eigenvalue weighted by Gasteiger charge is -2.21. The predicted octanol–water partition coefficient (Wildman–Crippen LogP) is 3.42. The van der Waals surface area contributed by atoms with Crippen LogP contribution >= 0.6 is 22.6 Å². The van der Waals surface area contributed by atoms with Crippen molar-refractivity contribution in [1.29, 1.82) is 0 Å². The van der Waals surface area contributed by atoms with Gasteiger partial charge in [0.15, 0.2) is 0 Å². The van der Waals surface area contributed by atoms with Crippen LogP contribution < -0.4 is 4.90 Å². The van der Waals surface area contributed by atoms with Crippen LogP contribution in [0.1, 0.15) is 18.1 Å². The maximum Gasteiger partial charge on any atom is 0.225 e. The van der Waals surface area contributed by atoms with E-state index in [0.29, 0.717) is 0 Å². The van der Waals surface area contributed by atoms with E-state index < -0.39 is 0 Å². The fourth-order valence-electron chi connectivity index (χ4n) is 1.79. The summed E-state index contributed by atoms with van der Waals surface area (Å²) in [6, 6.07) is 8.43. The highest BCUT2D eigenvalue weighted by atomic mass is 127. The molecule has 0 bridgehead atoms. The van der Waals surface area contributed by atoms with E-state index in [0.717, 1.165) is 22.6 Å². The van der Waals surface area contributed by atoms with E-state index in [1.54, 1.807) is 0 Å². The maximum atomic E-state index is 4.38. The van der Waals surface area contributed by atoms with Gasteiger partial charge in [-0.05, 0) is 47.6 Å². The highest BCUT2D eigenvalue weighted by Crippen LogP contribution is 2.15. The minimum absolute atomic E-state index is 0.793. The first-order valence-electron chi connectivity index (χ1n) is 5.97. The molecule has 0 fully saturated rings. The van der Waals surface area contributed by atoms with E-state index >= 15 is 0 Å². The van der Waals surface area contributed by atoms with Crippen molar-refractivity contribution in [3.8, 4) is 0 Å². The van der Waals surface area contributed by atoms with Crippen LogP contribution in [0.15, 0.2) is 36.7 Å². The van der Waals surface area contributed by atoms with Gasteiger partial charge >= 0.3 is 0 Å². The number of anilines is 1. The van der Waals surface area contributed by atoms with E-state index in [1.165, 1.54) is 11.1 Å². The normalized spacial score (nSPS) is 10.4. The molecule has 1 aromatic carbocycles. The maximum absolute atomic E-state index is 4.38. The summed E-state index contributed by atoms with van der Waals surface area (Å²) in [7, 11) is 0. The van der Waals surface area contributed by atoms with Gasteiger partial charge in [0, 0.05) is 29.1 Å². The molecule has 0 atom stereocenters. The Morgan fingerprint density at radius 3 is 2.44 bits per heavy atom. The highest BCUT2D eigenvalue weighted by molar-refractivity contribution is 14.1. The van der Waals surface area contributed by atoms with Crippen molar-refractivity contribution in [2.45, 2.75) is 20.4 Å². The lowest BCUT2D eigenvalue weighted by Crippen LogP contribution is -2.24. The number of rotatable bonds is 4. The monoisotopic (exact) mass is 353 g/mol. The summed E-state index contributed by atoms with van der Waals surface area (Å²) in [6.45, 7) is 6.01. The largest absolute Gasteiger partial charge is 0.337 e. The average molecular weight is 353 g/mol. The van der Waals surface area contributed by atoms with E-state index in [9.17, 15) is 0 Å².